The molecule has 0 aliphatic carbocycles. The molecule has 0 amide bonds. The average molecular weight is 395 g/mol. The van der Waals surface area contributed by atoms with E-state index in [9.17, 15) is 4.79 Å². The van der Waals surface area contributed by atoms with Gasteiger partial charge >= 0.3 is 0 Å². The fourth-order valence-electron chi connectivity index (χ4n) is 3.21. The quantitative estimate of drug-likeness (QED) is 0.764. The summed E-state index contributed by atoms with van der Waals surface area (Å²) in [6, 6.07) is 7.49. The smallest absolute Gasteiger partial charge is 0.190 e. The van der Waals surface area contributed by atoms with Gasteiger partial charge < -0.3 is 14.2 Å². The lowest BCUT2D eigenvalue weighted by Crippen LogP contribution is -3.14. The Morgan fingerprint density at radius 1 is 1.38 bits per heavy atom. The van der Waals surface area contributed by atoms with Crippen LogP contribution in [0.25, 0.3) is 0 Å². The Bertz CT molecular complexity index is 838. The molecule has 1 fully saturated rings. The highest BCUT2D eigenvalue weighted by atomic mass is 35.5. The number of Topliss-reactive ketones (excluding diaryl/α,β-unsaturated/α-hetero) is 1. The van der Waals surface area contributed by atoms with E-state index in [2.05, 4.69) is 4.57 Å². The summed E-state index contributed by atoms with van der Waals surface area (Å²) in [5.74, 6) is 0.0904. The van der Waals surface area contributed by atoms with Gasteiger partial charge in [0.2, 0.25) is 0 Å². The maximum absolute atomic E-state index is 12.0. The van der Waals surface area contributed by atoms with Gasteiger partial charge in [0.1, 0.15) is 13.1 Å². The van der Waals surface area contributed by atoms with Crippen LogP contribution in [0.15, 0.2) is 29.3 Å². The number of hydrogen-bond acceptors (Lipinski definition) is 4. The Balaban J connectivity index is 1.83. The largest absolute Gasteiger partial charge is 0.370 e. The van der Waals surface area contributed by atoms with E-state index in [1.165, 1.54) is 11.3 Å². The molecule has 0 radical (unpaired) electrons. The third kappa shape index (κ3) is 4.82. The second-order valence-electron chi connectivity index (χ2n) is 6.56. The van der Waals surface area contributed by atoms with Crippen LogP contribution in [0.3, 0.4) is 0 Å². The van der Waals surface area contributed by atoms with Crippen molar-refractivity contribution in [2.24, 2.45) is 4.99 Å². The molecule has 2 heterocycles. The minimum absolute atomic E-state index is 0.0904. The number of morpholine rings is 1. The molecule has 140 valence electrons. The SMILES string of the molecule is CC(=O)c1sc(=Nc2cccc(Cl)c2)n(CCC[NH+]2CCOCC2)c1C. The predicted octanol–water partition coefficient (Wildman–Crippen LogP) is 2.25. The topological polar surface area (TPSA) is 48.0 Å². The van der Waals surface area contributed by atoms with E-state index in [1.807, 2.05) is 31.2 Å². The van der Waals surface area contributed by atoms with Crippen LogP contribution in [0, 0.1) is 6.92 Å². The molecule has 2 aromatic rings. The Labute approximate surface area is 162 Å². The summed E-state index contributed by atoms with van der Waals surface area (Å²) < 4.78 is 7.59. The van der Waals surface area contributed by atoms with Crippen LogP contribution in [0.2, 0.25) is 5.02 Å². The normalized spacial score (nSPS) is 16.2. The fraction of sp³-hybridized carbons (Fsp3) is 0.474. The molecule has 0 atom stereocenters. The number of carbonyl (C=O) groups excluding carboxylic acids is 1. The Morgan fingerprint density at radius 2 is 2.15 bits per heavy atom. The van der Waals surface area contributed by atoms with Crippen LogP contribution in [-0.4, -0.2) is 43.2 Å². The maximum Gasteiger partial charge on any atom is 0.190 e. The van der Waals surface area contributed by atoms with E-state index >= 15 is 0 Å². The summed E-state index contributed by atoms with van der Waals surface area (Å²) in [7, 11) is 0. The molecule has 1 aliphatic rings. The van der Waals surface area contributed by atoms with Crippen molar-refractivity contribution in [3.05, 3.63) is 44.7 Å². The monoisotopic (exact) mass is 394 g/mol. The van der Waals surface area contributed by atoms with Crippen molar-refractivity contribution in [2.75, 3.05) is 32.8 Å². The third-order valence-electron chi connectivity index (χ3n) is 4.62. The minimum atomic E-state index is 0.0904. The molecule has 0 unspecified atom stereocenters. The zero-order valence-electron chi connectivity index (χ0n) is 15.3. The molecule has 1 aromatic carbocycles. The van der Waals surface area contributed by atoms with Crippen LogP contribution in [0.1, 0.15) is 28.7 Å². The number of carbonyl (C=O) groups is 1. The molecule has 5 nitrogen and oxygen atoms in total. The first-order valence-electron chi connectivity index (χ1n) is 8.97. The van der Waals surface area contributed by atoms with E-state index in [-0.39, 0.29) is 5.78 Å². The van der Waals surface area contributed by atoms with E-state index in [0.717, 1.165) is 66.9 Å². The fourth-order valence-corrected chi connectivity index (χ4v) is 4.47. The van der Waals surface area contributed by atoms with E-state index in [0.29, 0.717) is 5.02 Å². The lowest BCUT2D eigenvalue weighted by atomic mass is 10.3. The molecule has 3 rings (SSSR count). The van der Waals surface area contributed by atoms with Crippen LogP contribution < -0.4 is 9.70 Å². The highest BCUT2D eigenvalue weighted by Crippen LogP contribution is 2.19. The number of nitrogens with one attached hydrogen (secondary N) is 1. The molecule has 0 saturated carbocycles. The molecule has 1 saturated heterocycles. The first-order valence-corrected chi connectivity index (χ1v) is 10.2. The van der Waals surface area contributed by atoms with Gasteiger partial charge in [0.15, 0.2) is 10.6 Å². The first-order chi connectivity index (χ1) is 12.5. The minimum Gasteiger partial charge on any atom is -0.370 e. The number of ketones is 1. The number of benzene rings is 1. The third-order valence-corrected chi connectivity index (χ3v) is 6.14. The van der Waals surface area contributed by atoms with Crippen LogP contribution in [0.5, 0.6) is 0 Å². The second kappa shape index (κ2) is 8.95. The van der Waals surface area contributed by atoms with Gasteiger partial charge in [-0.25, -0.2) is 4.99 Å². The van der Waals surface area contributed by atoms with Gasteiger partial charge in [0.05, 0.1) is 30.3 Å². The van der Waals surface area contributed by atoms with Crippen LogP contribution >= 0.6 is 22.9 Å². The molecule has 1 aliphatic heterocycles. The molecular weight excluding hydrogens is 370 g/mol. The van der Waals surface area contributed by atoms with E-state index in [4.69, 9.17) is 21.3 Å². The molecule has 26 heavy (non-hydrogen) atoms. The van der Waals surface area contributed by atoms with Crippen molar-refractivity contribution in [1.29, 1.82) is 0 Å². The van der Waals surface area contributed by atoms with Crippen molar-refractivity contribution < 1.29 is 14.4 Å². The van der Waals surface area contributed by atoms with Crippen molar-refractivity contribution in [1.82, 2.24) is 4.57 Å². The van der Waals surface area contributed by atoms with Crippen LogP contribution in [-0.2, 0) is 11.3 Å². The summed E-state index contributed by atoms with van der Waals surface area (Å²) in [5, 5.41) is 0.661. The van der Waals surface area contributed by atoms with Gasteiger partial charge in [-0.15, -0.1) is 0 Å². The summed E-state index contributed by atoms with van der Waals surface area (Å²) in [4.78, 5) is 19.9. The first kappa shape index (κ1) is 19.3. The molecular formula is C19H25ClN3O2S+. The van der Waals surface area contributed by atoms with Crippen molar-refractivity contribution >= 4 is 34.4 Å². The van der Waals surface area contributed by atoms with Gasteiger partial charge in [-0.3, -0.25) is 4.79 Å². The molecule has 0 bridgehead atoms. The Kier molecular flexibility index (Phi) is 6.64. The molecule has 1 aromatic heterocycles. The van der Waals surface area contributed by atoms with Gasteiger partial charge in [0, 0.05) is 30.6 Å². The highest BCUT2D eigenvalue weighted by molar-refractivity contribution is 7.11. The maximum atomic E-state index is 12.0. The van der Waals surface area contributed by atoms with Crippen molar-refractivity contribution in [3.63, 3.8) is 0 Å². The number of hydrogen-bond donors (Lipinski definition) is 1. The lowest BCUT2D eigenvalue weighted by Gasteiger charge is -2.23. The lowest BCUT2D eigenvalue weighted by molar-refractivity contribution is -0.908. The number of thiazole rings is 1. The second-order valence-corrected chi connectivity index (χ2v) is 7.98. The highest BCUT2D eigenvalue weighted by Gasteiger charge is 2.16. The Morgan fingerprint density at radius 3 is 2.85 bits per heavy atom. The number of quaternary nitrogens is 1. The predicted molar refractivity (Wildman–Crippen MR) is 105 cm³/mol. The number of nitrogens with zero attached hydrogens (tertiary/aromatic N) is 2. The van der Waals surface area contributed by atoms with E-state index < -0.39 is 0 Å². The standard InChI is InChI=1S/C19H24ClN3O2S/c1-14-18(15(2)24)26-19(21-17-6-3-5-16(20)13-17)23(14)8-4-7-22-9-11-25-12-10-22/h3,5-6,13H,4,7-12H2,1-2H3/p+1. The molecule has 7 heteroatoms. The summed E-state index contributed by atoms with van der Waals surface area (Å²) in [6.45, 7) is 9.44. The zero-order valence-corrected chi connectivity index (χ0v) is 16.8. The van der Waals surface area contributed by atoms with Crippen molar-refractivity contribution in [3.8, 4) is 0 Å². The van der Waals surface area contributed by atoms with Crippen molar-refractivity contribution in [2.45, 2.75) is 26.8 Å². The molecule has 1 N–H and O–H groups in total. The number of rotatable bonds is 6. The Hall–Kier alpha value is -1.47. The average Bonchev–Trinajstić information content (AvgIpc) is 2.92. The van der Waals surface area contributed by atoms with Crippen LogP contribution in [0.4, 0.5) is 5.69 Å². The van der Waals surface area contributed by atoms with Gasteiger partial charge in [0.25, 0.3) is 0 Å². The number of ether oxygens (including phenoxy) is 1. The number of aromatic nitrogens is 1. The summed E-state index contributed by atoms with van der Waals surface area (Å²) >= 11 is 7.53. The van der Waals surface area contributed by atoms with Gasteiger partial charge in [-0.2, -0.15) is 0 Å². The number of halogens is 1. The molecule has 0 spiro atoms. The summed E-state index contributed by atoms with van der Waals surface area (Å²) in [6.07, 6.45) is 1.05. The van der Waals surface area contributed by atoms with E-state index in [1.54, 1.807) is 11.8 Å². The van der Waals surface area contributed by atoms with Gasteiger partial charge in [-0.05, 0) is 25.1 Å². The van der Waals surface area contributed by atoms with Gasteiger partial charge in [-0.1, -0.05) is 29.0 Å². The summed E-state index contributed by atoms with van der Waals surface area (Å²) in [5.41, 5.74) is 1.81. The zero-order chi connectivity index (χ0) is 18.5.